The van der Waals surface area contributed by atoms with Gasteiger partial charge in [-0.2, -0.15) is 8.78 Å². The van der Waals surface area contributed by atoms with E-state index in [9.17, 15) is 13.6 Å². The molecule has 0 radical (unpaired) electrons. The Morgan fingerprint density at radius 3 is 2.73 bits per heavy atom. The molecule has 0 aliphatic heterocycles. The zero-order valence-corrected chi connectivity index (χ0v) is 12.8. The number of carbonyl (C=O) groups is 1. The van der Waals surface area contributed by atoms with Crippen LogP contribution in [0.5, 0.6) is 11.5 Å². The van der Waals surface area contributed by atoms with Crippen LogP contribution in [-0.4, -0.2) is 25.7 Å². The van der Waals surface area contributed by atoms with Crippen molar-refractivity contribution < 1.29 is 23.0 Å². The Balaban J connectivity index is 2.06. The Labute approximate surface area is 128 Å². The summed E-state index contributed by atoms with van der Waals surface area (Å²) in [7, 11) is 1.35. The smallest absolute Gasteiger partial charge is 0.387 e. The maximum Gasteiger partial charge on any atom is 0.387 e. The minimum absolute atomic E-state index is 0.0830. The van der Waals surface area contributed by atoms with E-state index >= 15 is 0 Å². The van der Waals surface area contributed by atoms with Crippen molar-refractivity contribution >= 4 is 5.91 Å². The number of amides is 1. The van der Waals surface area contributed by atoms with Gasteiger partial charge in [0.25, 0.3) is 5.91 Å². The zero-order valence-electron chi connectivity index (χ0n) is 12.8. The first-order chi connectivity index (χ1) is 10.5. The molecule has 0 bridgehead atoms. The first-order valence-corrected chi connectivity index (χ1v) is 7.43. The predicted octanol–water partition coefficient (Wildman–Crippen LogP) is 3.61. The molecule has 1 aromatic rings. The van der Waals surface area contributed by atoms with Crippen LogP contribution in [0.25, 0.3) is 0 Å². The lowest BCUT2D eigenvalue weighted by molar-refractivity contribution is -0.0512. The number of hydrogen-bond donors (Lipinski definition) is 1. The lowest BCUT2D eigenvalue weighted by Gasteiger charge is -2.27. The fourth-order valence-electron chi connectivity index (χ4n) is 2.84. The molecule has 2 rings (SSSR count). The lowest BCUT2D eigenvalue weighted by Crippen LogP contribution is -2.37. The second-order valence-electron chi connectivity index (χ2n) is 5.69. The minimum atomic E-state index is -2.93. The summed E-state index contributed by atoms with van der Waals surface area (Å²) in [6.45, 7) is -0.755. The van der Waals surface area contributed by atoms with Gasteiger partial charge in [-0.25, -0.2) is 0 Å². The van der Waals surface area contributed by atoms with Gasteiger partial charge in [0.15, 0.2) is 11.5 Å². The van der Waals surface area contributed by atoms with Crippen molar-refractivity contribution in [2.75, 3.05) is 7.11 Å². The summed E-state index contributed by atoms with van der Waals surface area (Å²) in [5, 5.41) is 2.99. The molecule has 2 unspecified atom stereocenters. The van der Waals surface area contributed by atoms with Gasteiger partial charge in [-0.3, -0.25) is 4.79 Å². The molecule has 1 aliphatic carbocycles. The summed E-state index contributed by atoms with van der Waals surface area (Å²) in [5.74, 6) is 0.418. The van der Waals surface area contributed by atoms with E-state index in [2.05, 4.69) is 17.0 Å². The second kappa shape index (κ2) is 7.42. The molecule has 1 fully saturated rings. The van der Waals surface area contributed by atoms with E-state index in [1.54, 1.807) is 0 Å². The number of rotatable bonds is 5. The van der Waals surface area contributed by atoms with Crippen molar-refractivity contribution in [1.82, 2.24) is 5.32 Å². The van der Waals surface area contributed by atoms with Crippen LogP contribution in [-0.2, 0) is 0 Å². The summed E-state index contributed by atoms with van der Waals surface area (Å²) in [5.41, 5.74) is 0.372. The average molecular weight is 313 g/mol. The van der Waals surface area contributed by atoms with Crippen LogP contribution in [0, 0.1) is 5.92 Å². The second-order valence-corrected chi connectivity index (χ2v) is 5.69. The van der Waals surface area contributed by atoms with Gasteiger partial charge in [-0.15, -0.1) is 0 Å². The van der Waals surface area contributed by atoms with E-state index in [1.807, 2.05) is 0 Å². The number of ether oxygens (including phenoxy) is 2. The average Bonchev–Trinajstić information content (AvgIpc) is 2.47. The molecule has 6 heteroatoms. The SMILES string of the molecule is COc1cc(C(=O)NC2CCCC(C)C2)ccc1OC(F)F. The van der Waals surface area contributed by atoms with Crippen LogP contribution in [0.4, 0.5) is 8.78 Å². The summed E-state index contributed by atoms with van der Waals surface area (Å²) in [6, 6.07) is 4.36. The van der Waals surface area contributed by atoms with Crippen molar-refractivity contribution in [3.8, 4) is 11.5 Å². The quantitative estimate of drug-likeness (QED) is 0.903. The topological polar surface area (TPSA) is 47.6 Å². The Bertz CT molecular complexity index is 522. The van der Waals surface area contributed by atoms with Crippen LogP contribution in [0.15, 0.2) is 18.2 Å². The van der Waals surface area contributed by atoms with Crippen molar-refractivity contribution in [2.45, 2.75) is 45.3 Å². The van der Waals surface area contributed by atoms with E-state index in [1.165, 1.54) is 31.7 Å². The van der Waals surface area contributed by atoms with E-state index in [0.717, 1.165) is 19.3 Å². The maximum absolute atomic E-state index is 12.3. The van der Waals surface area contributed by atoms with Gasteiger partial charge >= 0.3 is 6.61 Å². The molecule has 22 heavy (non-hydrogen) atoms. The van der Waals surface area contributed by atoms with E-state index < -0.39 is 6.61 Å². The summed E-state index contributed by atoms with van der Waals surface area (Å²) < 4.78 is 33.9. The Morgan fingerprint density at radius 1 is 1.32 bits per heavy atom. The summed E-state index contributed by atoms with van der Waals surface area (Å²) >= 11 is 0. The van der Waals surface area contributed by atoms with Crippen LogP contribution in [0.3, 0.4) is 0 Å². The molecule has 0 aromatic heterocycles. The molecule has 0 heterocycles. The Hall–Kier alpha value is -1.85. The summed E-state index contributed by atoms with van der Waals surface area (Å²) in [6.07, 6.45) is 4.24. The highest BCUT2D eigenvalue weighted by molar-refractivity contribution is 5.95. The number of halogens is 2. The van der Waals surface area contributed by atoms with E-state index in [0.29, 0.717) is 11.5 Å². The van der Waals surface area contributed by atoms with Crippen LogP contribution in [0.2, 0.25) is 0 Å². The van der Waals surface area contributed by atoms with Crippen molar-refractivity contribution in [1.29, 1.82) is 0 Å². The van der Waals surface area contributed by atoms with Gasteiger partial charge in [0, 0.05) is 11.6 Å². The number of hydrogen-bond acceptors (Lipinski definition) is 3. The molecular weight excluding hydrogens is 292 g/mol. The van der Waals surface area contributed by atoms with Gasteiger partial charge < -0.3 is 14.8 Å². The Morgan fingerprint density at radius 2 is 2.09 bits per heavy atom. The monoisotopic (exact) mass is 313 g/mol. The highest BCUT2D eigenvalue weighted by Gasteiger charge is 2.21. The molecular formula is C16H21F2NO3. The molecule has 122 valence electrons. The van der Waals surface area contributed by atoms with Gasteiger partial charge in [-0.1, -0.05) is 19.8 Å². The highest BCUT2D eigenvalue weighted by Crippen LogP contribution is 2.30. The van der Waals surface area contributed by atoms with Crippen LogP contribution in [0.1, 0.15) is 43.0 Å². The third-order valence-corrected chi connectivity index (χ3v) is 3.91. The fourth-order valence-corrected chi connectivity index (χ4v) is 2.84. The predicted molar refractivity (Wildman–Crippen MR) is 78.5 cm³/mol. The van der Waals surface area contributed by atoms with Crippen molar-refractivity contribution in [2.24, 2.45) is 5.92 Å². The molecule has 1 aromatic carbocycles. The first-order valence-electron chi connectivity index (χ1n) is 7.43. The third kappa shape index (κ3) is 4.32. The van der Waals surface area contributed by atoms with Crippen molar-refractivity contribution in [3.05, 3.63) is 23.8 Å². The zero-order chi connectivity index (χ0) is 16.1. The lowest BCUT2D eigenvalue weighted by atomic mass is 9.87. The number of benzene rings is 1. The van der Waals surface area contributed by atoms with E-state index in [4.69, 9.17) is 4.74 Å². The molecule has 1 saturated carbocycles. The van der Waals surface area contributed by atoms with Gasteiger partial charge in [0.05, 0.1) is 7.11 Å². The molecule has 4 nitrogen and oxygen atoms in total. The van der Waals surface area contributed by atoms with Crippen LogP contribution < -0.4 is 14.8 Å². The number of methoxy groups -OCH3 is 1. The first kappa shape index (κ1) is 16.5. The van der Waals surface area contributed by atoms with Gasteiger partial charge in [0.1, 0.15) is 0 Å². The molecule has 0 spiro atoms. The summed E-state index contributed by atoms with van der Waals surface area (Å²) in [4.78, 5) is 12.3. The molecule has 0 saturated heterocycles. The molecule has 2 atom stereocenters. The van der Waals surface area contributed by atoms with Crippen molar-refractivity contribution in [3.63, 3.8) is 0 Å². The largest absolute Gasteiger partial charge is 0.493 e. The minimum Gasteiger partial charge on any atom is -0.493 e. The molecule has 1 aliphatic rings. The van der Waals surface area contributed by atoms with Crippen LogP contribution >= 0.6 is 0 Å². The number of alkyl halides is 2. The fraction of sp³-hybridized carbons (Fsp3) is 0.562. The number of carbonyl (C=O) groups excluding carboxylic acids is 1. The van der Waals surface area contributed by atoms with E-state index in [-0.39, 0.29) is 23.4 Å². The third-order valence-electron chi connectivity index (χ3n) is 3.91. The Kier molecular flexibility index (Phi) is 5.57. The standard InChI is InChI=1S/C16H21F2NO3/c1-10-4-3-5-12(8-10)19-15(20)11-6-7-13(22-16(17)18)14(9-11)21-2/h6-7,9-10,12,16H,3-5,8H2,1-2H3,(H,19,20). The normalized spacial score (nSPS) is 21.5. The number of nitrogens with one attached hydrogen (secondary N) is 1. The molecule has 1 amide bonds. The van der Waals surface area contributed by atoms with Gasteiger partial charge in [0.2, 0.25) is 0 Å². The highest BCUT2D eigenvalue weighted by atomic mass is 19.3. The molecule has 1 N–H and O–H groups in total. The maximum atomic E-state index is 12.3. The van der Waals surface area contributed by atoms with Gasteiger partial charge in [-0.05, 0) is 37.0 Å².